The summed E-state index contributed by atoms with van der Waals surface area (Å²) in [6, 6.07) is 5.06. The van der Waals surface area contributed by atoms with Crippen LogP contribution in [-0.4, -0.2) is 52.5 Å². The third-order valence-electron chi connectivity index (χ3n) is 3.41. The van der Waals surface area contributed by atoms with E-state index in [0.29, 0.717) is 22.2 Å². The maximum Gasteiger partial charge on any atom is 0.512 e. The van der Waals surface area contributed by atoms with Crippen LogP contribution in [0.25, 0.3) is 0 Å². The maximum atomic E-state index is 12.3. The van der Waals surface area contributed by atoms with Crippen molar-refractivity contribution in [3.8, 4) is 0 Å². The molecule has 0 heterocycles. The Hall–Kier alpha value is -1.03. The Balaban J connectivity index is 2.93. The first kappa shape index (κ1) is 23.0. The lowest BCUT2D eigenvalue weighted by molar-refractivity contribution is -0.0441. The van der Waals surface area contributed by atoms with Crippen LogP contribution in [0.4, 0.5) is 13.2 Å². The van der Waals surface area contributed by atoms with Crippen molar-refractivity contribution in [3.05, 3.63) is 29.8 Å². The predicted octanol–water partition coefficient (Wildman–Crippen LogP) is 1.24. The summed E-state index contributed by atoms with van der Waals surface area (Å²) in [5.74, 6) is 0. The highest BCUT2D eigenvalue weighted by atomic mass is 32.3. The van der Waals surface area contributed by atoms with E-state index in [-0.39, 0.29) is 0 Å². The Morgan fingerprint density at radius 2 is 1.42 bits per heavy atom. The van der Waals surface area contributed by atoms with Gasteiger partial charge < -0.3 is 13.3 Å². The lowest BCUT2D eigenvalue weighted by Gasteiger charge is -2.24. The van der Waals surface area contributed by atoms with E-state index in [1.165, 1.54) is 33.5 Å². The van der Waals surface area contributed by atoms with Crippen molar-refractivity contribution >= 4 is 28.9 Å². The van der Waals surface area contributed by atoms with Crippen molar-refractivity contribution in [2.75, 3.05) is 21.3 Å². The summed E-state index contributed by atoms with van der Waals surface area (Å²) in [7, 11) is -9.48. The fourth-order valence-electron chi connectivity index (χ4n) is 1.93. The first-order valence-corrected chi connectivity index (χ1v) is 11.8. The van der Waals surface area contributed by atoms with Gasteiger partial charge in [0.25, 0.3) is 10.0 Å². The average molecular weight is 437 g/mol. The number of hydrogen-bond acceptors (Lipinski definition) is 7. The molecule has 0 unspecified atom stereocenters. The third-order valence-corrected chi connectivity index (χ3v) is 9.40. The van der Waals surface area contributed by atoms with Crippen LogP contribution in [0.5, 0.6) is 0 Å². The molecule has 8 nitrogen and oxygen atoms in total. The molecule has 0 bridgehead atoms. The van der Waals surface area contributed by atoms with E-state index in [2.05, 4.69) is 0 Å². The van der Waals surface area contributed by atoms with E-state index in [9.17, 15) is 30.0 Å². The van der Waals surface area contributed by atoms with Crippen LogP contribution in [-0.2, 0) is 39.7 Å². The molecule has 0 aliphatic carbocycles. The summed E-state index contributed by atoms with van der Waals surface area (Å²) in [4.78, 5) is -0.622. The van der Waals surface area contributed by atoms with Gasteiger partial charge in [-0.05, 0) is 24.1 Å². The Morgan fingerprint density at radius 3 is 1.81 bits per heavy atom. The number of hydrogen-bond donors (Lipinski definition) is 1. The molecule has 1 aromatic carbocycles. The minimum Gasteiger partial charge on any atom is -0.377 e. The molecule has 0 aromatic heterocycles. The number of aryl methyl sites for hydroxylation is 1. The lowest BCUT2D eigenvalue weighted by atomic mass is 10.2. The molecule has 0 aliphatic heterocycles. The van der Waals surface area contributed by atoms with Crippen LogP contribution in [0, 0.1) is 0 Å². The zero-order chi connectivity index (χ0) is 20.2. The minimum atomic E-state index is -6.04. The summed E-state index contributed by atoms with van der Waals surface area (Å²) in [5, 5.41) is 0. The van der Waals surface area contributed by atoms with Crippen LogP contribution >= 0.6 is 0 Å². The molecule has 26 heavy (non-hydrogen) atoms. The standard InChI is InChI=1S/C12H18F3NO7S2Si/c1-21-26(22-2,23-3)9-8-10-4-6-11(7-5-10)24(17,18)16-25(19,20)12(13,14)15/h4-7,16H,8-9H2,1-3H3. The summed E-state index contributed by atoms with van der Waals surface area (Å²) >= 11 is 0. The third kappa shape index (κ3) is 5.48. The van der Waals surface area contributed by atoms with E-state index in [0.717, 1.165) is 12.1 Å². The van der Waals surface area contributed by atoms with E-state index in [1.807, 2.05) is 0 Å². The van der Waals surface area contributed by atoms with Crippen molar-refractivity contribution in [2.45, 2.75) is 22.9 Å². The monoisotopic (exact) mass is 437 g/mol. The van der Waals surface area contributed by atoms with E-state index in [4.69, 9.17) is 13.3 Å². The fourth-order valence-corrected chi connectivity index (χ4v) is 6.05. The molecule has 0 saturated carbocycles. The van der Waals surface area contributed by atoms with Gasteiger partial charge in [-0.2, -0.15) is 13.2 Å². The molecule has 0 spiro atoms. The normalized spacial score (nSPS) is 13.8. The molecule has 150 valence electrons. The second-order valence-corrected chi connectivity index (χ2v) is 11.7. The Morgan fingerprint density at radius 1 is 0.962 bits per heavy atom. The second-order valence-electron chi connectivity index (χ2n) is 4.98. The van der Waals surface area contributed by atoms with E-state index >= 15 is 0 Å². The smallest absolute Gasteiger partial charge is 0.377 e. The molecular weight excluding hydrogens is 419 g/mol. The quantitative estimate of drug-likeness (QED) is 0.579. The van der Waals surface area contributed by atoms with Crippen LogP contribution in [0.2, 0.25) is 6.04 Å². The highest BCUT2D eigenvalue weighted by molar-refractivity contribution is 8.05. The van der Waals surface area contributed by atoms with Crippen molar-refractivity contribution in [2.24, 2.45) is 0 Å². The van der Waals surface area contributed by atoms with Crippen LogP contribution in [0.15, 0.2) is 29.2 Å². The molecule has 0 saturated heterocycles. The van der Waals surface area contributed by atoms with Gasteiger partial charge in [-0.25, -0.2) is 16.8 Å². The number of benzene rings is 1. The summed E-state index contributed by atoms with van der Waals surface area (Å²) in [6.07, 6.45) is 0.385. The SMILES string of the molecule is CO[Si](CCc1ccc(S(=O)(=O)NS(=O)(=O)C(F)(F)F)cc1)(OC)OC. The van der Waals surface area contributed by atoms with Gasteiger partial charge in [0, 0.05) is 27.4 Å². The molecule has 14 heteroatoms. The van der Waals surface area contributed by atoms with Crippen molar-refractivity contribution in [1.82, 2.24) is 4.13 Å². The molecule has 1 N–H and O–H groups in total. The summed E-state index contributed by atoms with van der Waals surface area (Å²) < 4.78 is 98.9. The van der Waals surface area contributed by atoms with Gasteiger partial charge >= 0.3 is 24.3 Å². The van der Waals surface area contributed by atoms with Gasteiger partial charge in [-0.3, -0.25) is 0 Å². The Bertz CT molecular complexity index is 798. The van der Waals surface area contributed by atoms with Crippen LogP contribution < -0.4 is 4.13 Å². The average Bonchev–Trinajstić information content (AvgIpc) is 2.55. The van der Waals surface area contributed by atoms with Crippen molar-refractivity contribution in [1.29, 1.82) is 0 Å². The van der Waals surface area contributed by atoms with Gasteiger partial charge in [0.1, 0.15) is 0 Å². The predicted molar refractivity (Wildman–Crippen MR) is 87.0 cm³/mol. The summed E-state index contributed by atoms with van der Waals surface area (Å²) in [5.41, 5.74) is -5.11. The minimum absolute atomic E-state index is 0.378. The molecule has 0 atom stereocenters. The molecule has 0 fully saturated rings. The Kier molecular flexibility index (Phi) is 7.37. The highest BCUT2D eigenvalue weighted by Crippen LogP contribution is 2.24. The number of nitrogens with one attached hydrogen (secondary N) is 1. The zero-order valence-corrected chi connectivity index (χ0v) is 16.7. The molecule has 0 radical (unpaired) electrons. The molecule has 0 aliphatic rings. The zero-order valence-electron chi connectivity index (χ0n) is 14.0. The van der Waals surface area contributed by atoms with Crippen LogP contribution in [0.3, 0.4) is 0 Å². The second kappa shape index (κ2) is 8.33. The topological polar surface area (TPSA) is 108 Å². The first-order chi connectivity index (χ1) is 11.8. The van der Waals surface area contributed by atoms with Gasteiger partial charge in [0.15, 0.2) is 0 Å². The van der Waals surface area contributed by atoms with Crippen molar-refractivity contribution in [3.63, 3.8) is 0 Å². The van der Waals surface area contributed by atoms with Gasteiger partial charge in [0.2, 0.25) is 0 Å². The molecule has 1 rings (SSSR count). The lowest BCUT2D eigenvalue weighted by Crippen LogP contribution is -2.43. The fraction of sp³-hybridized carbons (Fsp3) is 0.500. The van der Waals surface area contributed by atoms with E-state index < -0.39 is 39.3 Å². The largest absolute Gasteiger partial charge is 0.512 e. The van der Waals surface area contributed by atoms with Crippen LogP contribution in [0.1, 0.15) is 5.56 Å². The highest BCUT2D eigenvalue weighted by Gasteiger charge is 2.48. The number of halogens is 3. The number of rotatable bonds is 9. The summed E-state index contributed by atoms with van der Waals surface area (Å²) in [6.45, 7) is 0. The number of alkyl halides is 3. The Labute approximate surface area is 150 Å². The number of sulfonamides is 2. The molecule has 0 amide bonds. The maximum absolute atomic E-state index is 12.3. The van der Waals surface area contributed by atoms with E-state index in [1.54, 1.807) is 0 Å². The first-order valence-electron chi connectivity index (χ1n) is 6.92. The molecular formula is C12H18F3NO7S2Si. The van der Waals surface area contributed by atoms with Gasteiger partial charge in [-0.15, -0.1) is 0 Å². The molecule has 1 aromatic rings. The van der Waals surface area contributed by atoms with Gasteiger partial charge in [-0.1, -0.05) is 16.3 Å². The van der Waals surface area contributed by atoms with Gasteiger partial charge in [0.05, 0.1) is 4.90 Å². The van der Waals surface area contributed by atoms with Crippen molar-refractivity contribution < 1.29 is 43.3 Å².